The molecule has 2 fully saturated rings. The van der Waals surface area contributed by atoms with Crippen molar-refractivity contribution in [3.8, 4) is 0 Å². The summed E-state index contributed by atoms with van der Waals surface area (Å²) in [5, 5.41) is 0. The lowest BCUT2D eigenvalue weighted by Gasteiger charge is -2.19. The fourth-order valence-corrected chi connectivity index (χ4v) is 2.57. The minimum Gasteiger partial charge on any atom is -0.326 e. The van der Waals surface area contributed by atoms with E-state index >= 15 is 0 Å². The Bertz CT molecular complexity index is 154. The van der Waals surface area contributed by atoms with Gasteiger partial charge in [0.2, 0.25) is 0 Å². The second-order valence-corrected chi connectivity index (χ2v) is 4.73. The van der Waals surface area contributed by atoms with Crippen LogP contribution in [0.1, 0.15) is 12.8 Å². The number of rotatable bonds is 2. The van der Waals surface area contributed by atoms with E-state index in [-0.39, 0.29) is 0 Å². The number of nitrogens with zero attached hydrogens (tertiary/aromatic N) is 2. The van der Waals surface area contributed by atoms with Crippen LogP contribution in [-0.2, 0) is 0 Å². The molecule has 0 aromatic heterocycles. The molecular weight excluding hydrogens is 162 g/mol. The van der Waals surface area contributed by atoms with Gasteiger partial charge in [-0.15, -0.1) is 0 Å². The van der Waals surface area contributed by atoms with Crippen LogP contribution in [0.25, 0.3) is 0 Å². The minimum atomic E-state index is 0.444. The van der Waals surface area contributed by atoms with Crippen molar-refractivity contribution in [2.45, 2.75) is 18.9 Å². The molecule has 2 N–H and O–H groups in total. The molecule has 0 aromatic carbocycles. The molecule has 0 bridgehead atoms. The van der Waals surface area contributed by atoms with Crippen LogP contribution in [0.5, 0.6) is 0 Å². The highest BCUT2D eigenvalue weighted by atomic mass is 15.2. The van der Waals surface area contributed by atoms with E-state index < -0.39 is 0 Å². The number of hydrogen-bond donors (Lipinski definition) is 1. The number of hydrogen-bond acceptors (Lipinski definition) is 3. The molecular formula is C10H21N3. The predicted molar refractivity (Wildman–Crippen MR) is 54.6 cm³/mol. The molecule has 2 saturated heterocycles. The van der Waals surface area contributed by atoms with Crippen molar-refractivity contribution in [3.63, 3.8) is 0 Å². The monoisotopic (exact) mass is 183 g/mol. The predicted octanol–water partition coefficient (Wildman–Crippen LogP) is -0.0289. The van der Waals surface area contributed by atoms with Crippen molar-refractivity contribution in [2.75, 3.05) is 39.8 Å². The highest BCUT2D eigenvalue weighted by Crippen LogP contribution is 2.18. The van der Waals surface area contributed by atoms with E-state index in [1.807, 2.05) is 0 Å². The molecule has 3 heteroatoms. The SMILES string of the molecule is CN1CCC(CN2CC[C@H](N)C2)C1. The van der Waals surface area contributed by atoms with Crippen LogP contribution in [0, 0.1) is 5.92 Å². The van der Waals surface area contributed by atoms with Crippen LogP contribution in [-0.4, -0.2) is 55.6 Å². The zero-order valence-corrected chi connectivity index (χ0v) is 8.58. The van der Waals surface area contributed by atoms with Crippen LogP contribution in [0.15, 0.2) is 0 Å². The molecule has 76 valence electrons. The Balaban J connectivity index is 1.72. The minimum absolute atomic E-state index is 0.444. The molecule has 0 aliphatic carbocycles. The summed E-state index contributed by atoms with van der Waals surface area (Å²) >= 11 is 0. The van der Waals surface area contributed by atoms with E-state index in [0.717, 1.165) is 12.5 Å². The average molecular weight is 183 g/mol. The molecule has 2 aliphatic rings. The van der Waals surface area contributed by atoms with Crippen LogP contribution in [0.4, 0.5) is 0 Å². The van der Waals surface area contributed by atoms with Gasteiger partial charge in [0.05, 0.1) is 0 Å². The summed E-state index contributed by atoms with van der Waals surface area (Å²) in [7, 11) is 2.22. The first-order valence-corrected chi connectivity index (χ1v) is 5.40. The summed E-state index contributed by atoms with van der Waals surface area (Å²) in [4.78, 5) is 4.97. The molecule has 13 heavy (non-hydrogen) atoms. The second kappa shape index (κ2) is 3.95. The number of nitrogens with two attached hydrogens (primary N) is 1. The largest absolute Gasteiger partial charge is 0.326 e. The molecule has 2 rings (SSSR count). The van der Waals surface area contributed by atoms with Gasteiger partial charge in [-0.05, 0) is 38.9 Å². The molecule has 0 radical (unpaired) electrons. The average Bonchev–Trinajstić information content (AvgIpc) is 2.62. The van der Waals surface area contributed by atoms with E-state index in [1.54, 1.807) is 0 Å². The summed E-state index contributed by atoms with van der Waals surface area (Å²) in [6.45, 7) is 6.19. The van der Waals surface area contributed by atoms with E-state index in [9.17, 15) is 0 Å². The Labute approximate surface area is 80.9 Å². The molecule has 2 aliphatic heterocycles. The van der Waals surface area contributed by atoms with Gasteiger partial charge in [-0.1, -0.05) is 0 Å². The molecule has 0 spiro atoms. The number of likely N-dealkylation sites (tertiary alicyclic amines) is 2. The maximum absolute atomic E-state index is 5.87. The van der Waals surface area contributed by atoms with Gasteiger partial charge in [0, 0.05) is 25.7 Å². The fraction of sp³-hybridized carbons (Fsp3) is 1.00. The molecule has 2 heterocycles. The topological polar surface area (TPSA) is 32.5 Å². The van der Waals surface area contributed by atoms with Gasteiger partial charge in [0.25, 0.3) is 0 Å². The summed E-state index contributed by atoms with van der Waals surface area (Å²) in [6, 6.07) is 0.444. The molecule has 2 atom stereocenters. The zero-order chi connectivity index (χ0) is 9.26. The van der Waals surface area contributed by atoms with E-state index in [2.05, 4.69) is 16.8 Å². The molecule has 1 unspecified atom stereocenters. The highest BCUT2D eigenvalue weighted by Gasteiger charge is 2.25. The van der Waals surface area contributed by atoms with Crippen molar-refractivity contribution in [1.29, 1.82) is 0 Å². The Morgan fingerprint density at radius 1 is 1.23 bits per heavy atom. The van der Waals surface area contributed by atoms with Crippen molar-refractivity contribution in [3.05, 3.63) is 0 Å². The van der Waals surface area contributed by atoms with E-state index in [0.29, 0.717) is 6.04 Å². The maximum Gasteiger partial charge on any atom is 0.0180 e. The van der Waals surface area contributed by atoms with Crippen LogP contribution in [0.3, 0.4) is 0 Å². The second-order valence-electron chi connectivity index (χ2n) is 4.73. The van der Waals surface area contributed by atoms with Crippen molar-refractivity contribution < 1.29 is 0 Å². The zero-order valence-electron chi connectivity index (χ0n) is 8.58. The highest BCUT2D eigenvalue weighted by molar-refractivity contribution is 4.82. The van der Waals surface area contributed by atoms with Crippen LogP contribution < -0.4 is 5.73 Å². The Morgan fingerprint density at radius 2 is 2.08 bits per heavy atom. The van der Waals surface area contributed by atoms with E-state index in [1.165, 1.54) is 39.0 Å². The van der Waals surface area contributed by atoms with Crippen LogP contribution in [0.2, 0.25) is 0 Å². The fourth-order valence-electron chi connectivity index (χ4n) is 2.57. The van der Waals surface area contributed by atoms with E-state index in [4.69, 9.17) is 5.73 Å². The maximum atomic E-state index is 5.87. The molecule has 0 aromatic rings. The molecule has 3 nitrogen and oxygen atoms in total. The van der Waals surface area contributed by atoms with Crippen molar-refractivity contribution in [2.24, 2.45) is 11.7 Å². The van der Waals surface area contributed by atoms with Gasteiger partial charge in [-0.2, -0.15) is 0 Å². The third kappa shape index (κ3) is 2.42. The Kier molecular flexibility index (Phi) is 2.86. The molecule has 0 amide bonds. The lowest BCUT2D eigenvalue weighted by atomic mass is 10.1. The standard InChI is InChI=1S/C10H21N3/c1-12-4-2-9(6-12)7-13-5-3-10(11)8-13/h9-10H,2-8,11H2,1H3/t9?,10-/m0/s1. The van der Waals surface area contributed by atoms with Crippen molar-refractivity contribution >= 4 is 0 Å². The quantitative estimate of drug-likeness (QED) is 0.652. The van der Waals surface area contributed by atoms with Gasteiger partial charge in [0.1, 0.15) is 0 Å². The summed E-state index contributed by atoms with van der Waals surface area (Å²) in [5.41, 5.74) is 5.87. The third-order valence-corrected chi connectivity index (χ3v) is 3.31. The van der Waals surface area contributed by atoms with Gasteiger partial charge >= 0.3 is 0 Å². The van der Waals surface area contributed by atoms with Crippen LogP contribution >= 0.6 is 0 Å². The summed E-state index contributed by atoms with van der Waals surface area (Å²) < 4.78 is 0. The lowest BCUT2D eigenvalue weighted by molar-refractivity contribution is 0.272. The third-order valence-electron chi connectivity index (χ3n) is 3.31. The smallest absolute Gasteiger partial charge is 0.0180 e. The van der Waals surface area contributed by atoms with Gasteiger partial charge in [-0.3, -0.25) is 0 Å². The van der Waals surface area contributed by atoms with Gasteiger partial charge < -0.3 is 15.5 Å². The first-order chi connectivity index (χ1) is 6.24. The first-order valence-electron chi connectivity index (χ1n) is 5.40. The van der Waals surface area contributed by atoms with Crippen molar-refractivity contribution in [1.82, 2.24) is 9.80 Å². The van der Waals surface area contributed by atoms with Gasteiger partial charge in [-0.25, -0.2) is 0 Å². The summed E-state index contributed by atoms with van der Waals surface area (Å²) in [6.07, 6.45) is 2.57. The molecule has 0 saturated carbocycles. The Hall–Kier alpha value is -0.120. The Morgan fingerprint density at radius 3 is 2.62 bits per heavy atom. The first kappa shape index (κ1) is 9.44. The van der Waals surface area contributed by atoms with Gasteiger partial charge in [0.15, 0.2) is 0 Å². The summed E-state index contributed by atoms with van der Waals surface area (Å²) in [5.74, 6) is 0.898. The lowest BCUT2D eigenvalue weighted by Crippen LogP contribution is -2.31. The normalized spacial score (nSPS) is 37.4.